The monoisotopic (exact) mass is 242 g/mol. The van der Waals surface area contributed by atoms with Gasteiger partial charge in [-0.3, -0.25) is 0 Å². The van der Waals surface area contributed by atoms with Crippen molar-refractivity contribution in [2.45, 2.75) is 31.7 Å². The highest BCUT2D eigenvalue weighted by molar-refractivity contribution is 5.32. The lowest BCUT2D eigenvalue weighted by atomic mass is 9.93. The second-order valence-electron chi connectivity index (χ2n) is 5.11. The van der Waals surface area contributed by atoms with Gasteiger partial charge in [-0.2, -0.15) is 0 Å². The van der Waals surface area contributed by atoms with Gasteiger partial charge in [0.2, 0.25) is 0 Å². The molecule has 1 aliphatic rings. The van der Waals surface area contributed by atoms with Crippen LogP contribution in [0, 0.1) is 5.92 Å². The van der Waals surface area contributed by atoms with Gasteiger partial charge in [-0.15, -0.1) is 5.10 Å². The van der Waals surface area contributed by atoms with E-state index in [2.05, 4.69) is 29.4 Å². The summed E-state index contributed by atoms with van der Waals surface area (Å²) in [6, 6.07) is 10.5. The average Bonchev–Trinajstić information content (AvgIpc) is 2.99. The molecule has 0 amide bonds. The number of aromatic nitrogens is 3. The fourth-order valence-corrected chi connectivity index (χ4v) is 2.88. The first kappa shape index (κ1) is 11.4. The van der Waals surface area contributed by atoms with E-state index >= 15 is 0 Å². The molecular formula is C14H18N4. The second-order valence-corrected chi connectivity index (χ2v) is 5.11. The SMILES string of the molecule is CC1C(N)CCC1c1cnnn1-c1ccccc1. The van der Waals surface area contributed by atoms with E-state index in [9.17, 15) is 0 Å². The van der Waals surface area contributed by atoms with Crippen molar-refractivity contribution >= 4 is 0 Å². The quantitative estimate of drug-likeness (QED) is 0.877. The zero-order valence-corrected chi connectivity index (χ0v) is 10.5. The Morgan fingerprint density at radius 2 is 2.00 bits per heavy atom. The van der Waals surface area contributed by atoms with Gasteiger partial charge in [0.05, 0.1) is 17.6 Å². The number of hydrogen-bond donors (Lipinski definition) is 1. The Hall–Kier alpha value is -1.68. The van der Waals surface area contributed by atoms with Crippen LogP contribution in [0.1, 0.15) is 31.4 Å². The van der Waals surface area contributed by atoms with Crippen molar-refractivity contribution in [3.63, 3.8) is 0 Å². The van der Waals surface area contributed by atoms with Crippen LogP contribution in [0.15, 0.2) is 36.5 Å². The predicted molar refractivity (Wildman–Crippen MR) is 70.5 cm³/mol. The molecule has 3 atom stereocenters. The maximum Gasteiger partial charge on any atom is 0.0732 e. The molecule has 18 heavy (non-hydrogen) atoms. The Balaban J connectivity index is 1.98. The van der Waals surface area contributed by atoms with Gasteiger partial charge < -0.3 is 5.73 Å². The van der Waals surface area contributed by atoms with E-state index in [1.165, 1.54) is 5.69 Å². The molecule has 1 aromatic heterocycles. The summed E-state index contributed by atoms with van der Waals surface area (Å²) in [4.78, 5) is 0. The smallest absolute Gasteiger partial charge is 0.0732 e. The molecule has 1 fully saturated rings. The number of nitrogens with two attached hydrogens (primary N) is 1. The average molecular weight is 242 g/mol. The van der Waals surface area contributed by atoms with Crippen molar-refractivity contribution < 1.29 is 0 Å². The van der Waals surface area contributed by atoms with Gasteiger partial charge in [-0.05, 0) is 30.9 Å². The molecule has 1 saturated carbocycles. The molecule has 2 N–H and O–H groups in total. The predicted octanol–water partition coefficient (Wildman–Crippen LogP) is 2.11. The molecule has 0 aliphatic heterocycles. The summed E-state index contributed by atoms with van der Waals surface area (Å²) in [7, 11) is 0. The van der Waals surface area contributed by atoms with E-state index in [0.717, 1.165) is 18.5 Å². The van der Waals surface area contributed by atoms with Crippen molar-refractivity contribution in [2.24, 2.45) is 11.7 Å². The van der Waals surface area contributed by atoms with Crippen LogP contribution in [-0.4, -0.2) is 21.0 Å². The van der Waals surface area contributed by atoms with Crippen LogP contribution in [-0.2, 0) is 0 Å². The van der Waals surface area contributed by atoms with Gasteiger partial charge in [0, 0.05) is 12.0 Å². The normalized spacial score (nSPS) is 27.6. The van der Waals surface area contributed by atoms with Crippen LogP contribution >= 0.6 is 0 Å². The molecule has 94 valence electrons. The number of benzene rings is 1. The van der Waals surface area contributed by atoms with Crippen molar-refractivity contribution in [1.29, 1.82) is 0 Å². The van der Waals surface area contributed by atoms with Crippen molar-refractivity contribution in [3.05, 3.63) is 42.2 Å². The summed E-state index contributed by atoms with van der Waals surface area (Å²) in [6.45, 7) is 2.23. The molecule has 1 aromatic carbocycles. The largest absolute Gasteiger partial charge is 0.327 e. The highest BCUT2D eigenvalue weighted by Gasteiger charge is 2.33. The number of hydrogen-bond acceptors (Lipinski definition) is 3. The minimum atomic E-state index is 0.300. The summed E-state index contributed by atoms with van der Waals surface area (Å²) >= 11 is 0. The molecule has 3 unspecified atom stereocenters. The maximum absolute atomic E-state index is 6.11. The lowest BCUT2D eigenvalue weighted by Gasteiger charge is -2.18. The van der Waals surface area contributed by atoms with Crippen molar-refractivity contribution in [3.8, 4) is 5.69 Å². The van der Waals surface area contributed by atoms with Crippen LogP contribution in [0.5, 0.6) is 0 Å². The molecule has 4 heteroatoms. The van der Waals surface area contributed by atoms with Gasteiger partial charge in [-0.1, -0.05) is 30.3 Å². The number of nitrogens with zero attached hydrogens (tertiary/aromatic N) is 3. The number of para-hydroxylation sites is 1. The molecule has 0 bridgehead atoms. The summed E-state index contributed by atoms with van der Waals surface area (Å²) < 4.78 is 1.94. The lowest BCUT2D eigenvalue weighted by Crippen LogP contribution is -2.25. The third-order valence-corrected chi connectivity index (χ3v) is 4.08. The molecule has 1 aliphatic carbocycles. The minimum absolute atomic E-state index is 0.300. The van der Waals surface area contributed by atoms with Crippen molar-refractivity contribution in [2.75, 3.05) is 0 Å². The molecule has 3 rings (SSSR count). The van der Waals surface area contributed by atoms with Gasteiger partial charge in [0.25, 0.3) is 0 Å². The van der Waals surface area contributed by atoms with Crippen LogP contribution in [0.3, 0.4) is 0 Å². The zero-order valence-electron chi connectivity index (χ0n) is 10.5. The first-order valence-electron chi connectivity index (χ1n) is 6.49. The third kappa shape index (κ3) is 1.82. The highest BCUT2D eigenvalue weighted by Crippen LogP contribution is 2.38. The Kier molecular flexibility index (Phi) is 2.88. The summed E-state index contributed by atoms with van der Waals surface area (Å²) in [5.74, 6) is 0.959. The Morgan fingerprint density at radius 3 is 2.67 bits per heavy atom. The van der Waals surface area contributed by atoms with Gasteiger partial charge in [0.1, 0.15) is 0 Å². The van der Waals surface area contributed by atoms with E-state index in [-0.39, 0.29) is 0 Å². The first-order chi connectivity index (χ1) is 8.77. The Bertz CT molecular complexity index is 520. The topological polar surface area (TPSA) is 56.7 Å². The first-order valence-corrected chi connectivity index (χ1v) is 6.49. The van der Waals surface area contributed by atoms with Crippen molar-refractivity contribution in [1.82, 2.24) is 15.0 Å². The van der Waals surface area contributed by atoms with E-state index in [0.29, 0.717) is 17.9 Å². The zero-order chi connectivity index (χ0) is 12.5. The standard InChI is InChI=1S/C14H18N4/c1-10-12(7-8-13(10)15)14-9-16-17-18(14)11-5-3-2-4-6-11/h2-6,9-10,12-13H,7-8,15H2,1H3. The molecule has 2 aromatic rings. The Morgan fingerprint density at radius 1 is 1.22 bits per heavy atom. The van der Waals surface area contributed by atoms with E-state index in [1.54, 1.807) is 0 Å². The van der Waals surface area contributed by atoms with Gasteiger partial charge >= 0.3 is 0 Å². The Labute approximate surface area is 107 Å². The molecule has 1 heterocycles. The summed E-state index contributed by atoms with van der Waals surface area (Å²) in [6.07, 6.45) is 4.10. The van der Waals surface area contributed by atoms with Crippen LogP contribution in [0.4, 0.5) is 0 Å². The van der Waals surface area contributed by atoms with Crippen LogP contribution < -0.4 is 5.73 Å². The van der Waals surface area contributed by atoms with E-state index in [1.807, 2.05) is 29.1 Å². The summed E-state index contributed by atoms with van der Waals surface area (Å²) in [5.41, 5.74) is 8.36. The fraction of sp³-hybridized carbons (Fsp3) is 0.429. The van der Waals surface area contributed by atoms with E-state index in [4.69, 9.17) is 5.73 Å². The highest BCUT2D eigenvalue weighted by atomic mass is 15.4. The molecule has 4 nitrogen and oxygen atoms in total. The minimum Gasteiger partial charge on any atom is -0.327 e. The lowest BCUT2D eigenvalue weighted by molar-refractivity contribution is 0.465. The summed E-state index contributed by atoms with van der Waals surface area (Å²) in [5, 5.41) is 8.29. The second kappa shape index (κ2) is 4.53. The van der Waals surface area contributed by atoms with Gasteiger partial charge in [0.15, 0.2) is 0 Å². The van der Waals surface area contributed by atoms with E-state index < -0.39 is 0 Å². The molecular weight excluding hydrogens is 224 g/mol. The maximum atomic E-state index is 6.11. The van der Waals surface area contributed by atoms with Gasteiger partial charge in [-0.25, -0.2) is 4.68 Å². The molecule has 0 radical (unpaired) electrons. The third-order valence-electron chi connectivity index (χ3n) is 4.08. The molecule has 0 spiro atoms. The fourth-order valence-electron chi connectivity index (χ4n) is 2.88. The number of rotatable bonds is 2. The van der Waals surface area contributed by atoms with Crippen LogP contribution in [0.2, 0.25) is 0 Å². The molecule has 0 saturated heterocycles. The van der Waals surface area contributed by atoms with Crippen LogP contribution in [0.25, 0.3) is 5.69 Å².